The van der Waals surface area contributed by atoms with Crippen molar-refractivity contribution >= 4 is 16.9 Å². The zero-order valence-electron chi connectivity index (χ0n) is 14.1. The van der Waals surface area contributed by atoms with Crippen molar-refractivity contribution in [1.29, 1.82) is 0 Å². The first kappa shape index (κ1) is 16.0. The van der Waals surface area contributed by atoms with E-state index in [0.29, 0.717) is 12.2 Å². The lowest BCUT2D eigenvalue weighted by Gasteiger charge is -2.02. The second-order valence-corrected chi connectivity index (χ2v) is 5.96. The van der Waals surface area contributed by atoms with Crippen LogP contribution in [0.25, 0.3) is 22.3 Å². The number of hydrogen-bond acceptors (Lipinski definition) is 4. The Morgan fingerprint density at radius 1 is 1.12 bits per heavy atom. The van der Waals surface area contributed by atoms with Gasteiger partial charge in [0.2, 0.25) is 0 Å². The summed E-state index contributed by atoms with van der Waals surface area (Å²) in [6.07, 6.45) is 4.97. The molecule has 4 aromatic rings. The van der Waals surface area contributed by atoms with Crippen molar-refractivity contribution in [2.24, 2.45) is 0 Å². The summed E-state index contributed by atoms with van der Waals surface area (Å²) in [4.78, 5) is 24.0. The number of H-pyrrole nitrogens is 2. The summed E-state index contributed by atoms with van der Waals surface area (Å²) in [6, 6.07) is 13.4. The smallest absolute Gasteiger partial charge is 0.269 e. The van der Waals surface area contributed by atoms with Crippen LogP contribution >= 0.6 is 0 Å². The van der Waals surface area contributed by atoms with Gasteiger partial charge in [0.05, 0.1) is 16.7 Å². The number of imidazole rings is 1. The number of nitrogens with one attached hydrogen (secondary N) is 3. The maximum atomic E-state index is 12.2. The summed E-state index contributed by atoms with van der Waals surface area (Å²) in [5, 5.41) is 9.86. The van der Waals surface area contributed by atoms with E-state index in [0.717, 1.165) is 41.0 Å². The summed E-state index contributed by atoms with van der Waals surface area (Å²) >= 11 is 0. The highest BCUT2D eigenvalue weighted by molar-refractivity contribution is 5.93. The maximum absolute atomic E-state index is 12.2. The number of amides is 1. The van der Waals surface area contributed by atoms with Gasteiger partial charge >= 0.3 is 0 Å². The van der Waals surface area contributed by atoms with E-state index >= 15 is 0 Å². The minimum absolute atomic E-state index is 0.164. The normalized spacial score (nSPS) is 10.9. The van der Waals surface area contributed by atoms with E-state index in [4.69, 9.17) is 0 Å². The van der Waals surface area contributed by atoms with Crippen molar-refractivity contribution in [2.75, 3.05) is 6.54 Å². The molecule has 0 aliphatic rings. The third kappa shape index (κ3) is 3.46. The summed E-state index contributed by atoms with van der Waals surface area (Å²) < 4.78 is 0. The minimum Gasteiger partial charge on any atom is -0.351 e. The Kier molecular flexibility index (Phi) is 4.42. The molecule has 0 aliphatic heterocycles. The highest BCUT2D eigenvalue weighted by Gasteiger charge is 2.10. The number of rotatable bonds is 6. The number of hydrogen-bond donors (Lipinski definition) is 3. The zero-order chi connectivity index (χ0) is 17.8. The lowest BCUT2D eigenvalue weighted by molar-refractivity contribution is 0.0948. The molecule has 0 unspecified atom stereocenters. The topological polar surface area (TPSA) is 99.3 Å². The van der Waals surface area contributed by atoms with Gasteiger partial charge < -0.3 is 10.3 Å². The summed E-state index contributed by atoms with van der Waals surface area (Å²) in [5.74, 6) is 0.768. The summed E-state index contributed by atoms with van der Waals surface area (Å²) in [7, 11) is 0. The van der Waals surface area contributed by atoms with Crippen molar-refractivity contribution in [3.63, 3.8) is 0 Å². The Morgan fingerprint density at radius 3 is 2.81 bits per heavy atom. The molecular weight excluding hydrogens is 328 g/mol. The molecule has 7 heteroatoms. The number of aryl methyl sites for hydroxylation is 1. The molecule has 3 aromatic heterocycles. The number of para-hydroxylation sites is 2. The van der Waals surface area contributed by atoms with Crippen LogP contribution in [-0.2, 0) is 6.42 Å². The van der Waals surface area contributed by atoms with Crippen molar-refractivity contribution < 1.29 is 4.79 Å². The van der Waals surface area contributed by atoms with Crippen LogP contribution in [0.5, 0.6) is 0 Å². The number of benzene rings is 1. The van der Waals surface area contributed by atoms with Gasteiger partial charge in [0.15, 0.2) is 0 Å². The first-order valence-electron chi connectivity index (χ1n) is 8.47. The van der Waals surface area contributed by atoms with Crippen LogP contribution in [0.2, 0.25) is 0 Å². The molecule has 3 heterocycles. The van der Waals surface area contributed by atoms with Gasteiger partial charge in [-0.15, -0.1) is 0 Å². The molecule has 0 spiro atoms. The van der Waals surface area contributed by atoms with Crippen LogP contribution in [0.3, 0.4) is 0 Å². The second-order valence-electron chi connectivity index (χ2n) is 5.96. The molecule has 0 atom stereocenters. The van der Waals surface area contributed by atoms with Crippen LogP contribution in [0.4, 0.5) is 0 Å². The van der Waals surface area contributed by atoms with Crippen molar-refractivity contribution in [3.05, 3.63) is 66.4 Å². The van der Waals surface area contributed by atoms with E-state index in [9.17, 15) is 4.79 Å². The first-order valence-corrected chi connectivity index (χ1v) is 8.47. The molecule has 26 heavy (non-hydrogen) atoms. The molecule has 0 saturated heterocycles. The number of carbonyl (C=O) groups excluding carboxylic acids is 1. The molecule has 1 amide bonds. The molecule has 3 N–H and O–H groups in total. The monoisotopic (exact) mass is 346 g/mol. The quantitative estimate of drug-likeness (QED) is 0.467. The Hall–Kier alpha value is -3.48. The van der Waals surface area contributed by atoms with E-state index < -0.39 is 0 Å². The van der Waals surface area contributed by atoms with E-state index in [1.807, 2.05) is 36.4 Å². The van der Waals surface area contributed by atoms with E-state index in [1.54, 1.807) is 18.5 Å². The fourth-order valence-corrected chi connectivity index (χ4v) is 2.79. The van der Waals surface area contributed by atoms with Crippen molar-refractivity contribution in [3.8, 4) is 11.3 Å². The number of nitrogens with zero attached hydrogens (tertiary/aromatic N) is 3. The molecule has 0 fully saturated rings. The first-order chi connectivity index (χ1) is 12.8. The lowest BCUT2D eigenvalue weighted by atomic mass is 10.2. The molecule has 1 aromatic carbocycles. The van der Waals surface area contributed by atoms with Crippen LogP contribution in [0.1, 0.15) is 22.7 Å². The highest BCUT2D eigenvalue weighted by atomic mass is 16.1. The zero-order valence-corrected chi connectivity index (χ0v) is 14.1. The molecule has 4 rings (SSSR count). The van der Waals surface area contributed by atoms with Gasteiger partial charge in [-0.2, -0.15) is 5.10 Å². The van der Waals surface area contributed by atoms with Crippen LogP contribution in [-0.4, -0.2) is 37.6 Å². The third-order valence-electron chi connectivity index (χ3n) is 4.11. The fourth-order valence-electron chi connectivity index (χ4n) is 2.79. The van der Waals surface area contributed by atoms with Gasteiger partial charge in [-0.25, -0.2) is 4.98 Å². The Balaban J connectivity index is 1.29. The third-order valence-corrected chi connectivity index (χ3v) is 4.11. The Labute approximate surface area is 149 Å². The van der Waals surface area contributed by atoms with Crippen molar-refractivity contribution in [2.45, 2.75) is 12.8 Å². The standard InChI is InChI=1S/C19H18N6O/c26-19(17-12-16(24-25-17)13-7-10-20-11-8-13)21-9-3-6-18-22-14-4-1-2-5-15(14)23-18/h1-2,4-5,7-8,10-12H,3,6,9H2,(H,21,26)(H,22,23)(H,24,25). The number of aromatic amines is 2. The van der Waals surface area contributed by atoms with Gasteiger partial charge in [0.25, 0.3) is 5.91 Å². The molecular formula is C19H18N6O. The minimum atomic E-state index is -0.164. The molecule has 0 saturated carbocycles. The largest absolute Gasteiger partial charge is 0.351 e. The van der Waals surface area contributed by atoms with Gasteiger partial charge in [-0.3, -0.25) is 14.9 Å². The molecule has 0 bridgehead atoms. The number of pyridine rings is 1. The van der Waals surface area contributed by atoms with Gasteiger partial charge in [0.1, 0.15) is 11.5 Å². The second kappa shape index (κ2) is 7.18. The molecule has 7 nitrogen and oxygen atoms in total. The maximum Gasteiger partial charge on any atom is 0.269 e. The van der Waals surface area contributed by atoms with Crippen LogP contribution < -0.4 is 5.32 Å². The summed E-state index contributed by atoms with van der Waals surface area (Å²) in [5.41, 5.74) is 4.08. The van der Waals surface area contributed by atoms with Gasteiger partial charge in [0, 0.05) is 30.9 Å². The highest BCUT2D eigenvalue weighted by Crippen LogP contribution is 2.16. The average molecular weight is 346 g/mol. The lowest BCUT2D eigenvalue weighted by Crippen LogP contribution is -2.25. The summed E-state index contributed by atoms with van der Waals surface area (Å²) in [6.45, 7) is 0.569. The SMILES string of the molecule is O=C(NCCCc1nc2ccccc2[nH]1)c1cc(-c2ccncc2)n[nH]1. The van der Waals surface area contributed by atoms with E-state index in [2.05, 4.69) is 30.5 Å². The van der Waals surface area contributed by atoms with E-state index in [1.165, 1.54) is 0 Å². The predicted molar refractivity (Wildman–Crippen MR) is 98.6 cm³/mol. The number of aromatic nitrogens is 5. The number of fused-ring (bicyclic) bond motifs is 1. The van der Waals surface area contributed by atoms with Gasteiger partial charge in [-0.05, 0) is 36.8 Å². The Morgan fingerprint density at radius 2 is 1.96 bits per heavy atom. The van der Waals surface area contributed by atoms with Crippen LogP contribution in [0.15, 0.2) is 54.9 Å². The number of carbonyl (C=O) groups is 1. The van der Waals surface area contributed by atoms with Gasteiger partial charge in [-0.1, -0.05) is 12.1 Å². The Bertz CT molecular complexity index is 988. The van der Waals surface area contributed by atoms with Crippen molar-refractivity contribution in [1.82, 2.24) is 30.5 Å². The molecule has 0 radical (unpaired) electrons. The fraction of sp³-hybridized carbons (Fsp3) is 0.158. The molecule has 130 valence electrons. The average Bonchev–Trinajstić information content (AvgIpc) is 3.32. The van der Waals surface area contributed by atoms with Crippen LogP contribution in [0, 0.1) is 0 Å². The molecule has 0 aliphatic carbocycles. The predicted octanol–water partition coefficient (Wildman–Crippen LogP) is 2.71. The van der Waals surface area contributed by atoms with E-state index in [-0.39, 0.29) is 5.91 Å².